The summed E-state index contributed by atoms with van der Waals surface area (Å²) in [6, 6.07) is 5.59. The normalized spacial score (nSPS) is 13.3. The molecule has 2 aromatic heterocycles. The van der Waals surface area contributed by atoms with Crippen LogP contribution >= 0.6 is 11.3 Å². The molecule has 0 spiro atoms. The molecule has 5 nitrogen and oxygen atoms in total. The van der Waals surface area contributed by atoms with E-state index in [1.165, 1.54) is 17.7 Å². The smallest absolute Gasteiger partial charge is 0.260 e. The number of aryl methyl sites for hydroxylation is 4. The highest BCUT2D eigenvalue weighted by molar-refractivity contribution is 7.16. The molecule has 0 bridgehead atoms. The van der Waals surface area contributed by atoms with Gasteiger partial charge in [0.25, 0.3) is 5.91 Å². The molecule has 2 heterocycles. The molecule has 0 saturated carbocycles. The van der Waals surface area contributed by atoms with Crippen LogP contribution < -0.4 is 4.90 Å². The molecule has 1 aromatic carbocycles. The van der Waals surface area contributed by atoms with Gasteiger partial charge in [0.2, 0.25) is 0 Å². The predicted octanol–water partition coefficient (Wildman–Crippen LogP) is 4.92. The molecule has 0 saturated heterocycles. The highest BCUT2D eigenvalue weighted by atomic mass is 32.1. The Kier molecular flexibility index (Phi) is 5.72. The van der Waals surface area contributed by atoms with Gasteiger partial charge in [-0.25, -0.2) is 15.0 Å². The molecule has 3 aromatic rings. The first-order chi connectivity index (χ1) is 14.1. The number of nitrogens with zero attached hydrogens (tertiary/aromatic N) is 4. The lowest BCUT2D eigenvalue weighted by Crippen LogP contribution is -2.31. The lowest BCUT2D eigenvalue weighted by atomic mass is 10.0. The summed E-state index contributed by atoms with van der Waals surface area (Å²) < 4.78 is 0. The first kappa shape index (κ1) is 19.7. The van der Waals surface area contributed by atoms with Crippen LogP contribution in [0.15, 0.2) is 30.9 Å². The second kappa shape index (κ2) is 8.41. The summed E-state index contributed by atoms with van der Waals surface area (Å²) in [5.74, 6) is -0.0719. The molecule has 150 valence electrons. The van der Waals surface area contributed by atoms with E-state index in [9.17, 15) is 4.79 Å². The number of rotatable bonds is 6. The lowest BCUT2D eigenvalue weighted by molar-refractivity contribution is 0.0989. The van der Waals surface area contributed by atoms with Gasteiger partial charge in [-0.1, -0.05) is 19.9 Å². The summed E-state index contributed by atoms with van der Waals surface area (Å²) in [5, 5.41) is 0.767. The summed E-state index contributed by atoms with van der Waals surface area (Å²) in [7, 11) is 0. The van der Waals surface area contributed by atoms with Crippen LogP contribution in [0.4, 0.5) is 5.13 Å². The lowest BCUT2D eigenvalue weighted by Gasteiger charge is -2.18. The van der Waals surface area contributed by atoms with E-state index in [4.69, 9.17) is 15.0 Å². The van der Waals surface area contributed by atoms with Crippen molar-refractivity contribution in [3.05, 3.63) is 58.4 Å². The number of aromatic nitrogens is 3. The van der Waals surface area contributed by atoms with Crippen molar-refractivity contribution in [1.29, 1.82) is 0 Å². The van der Waals surface area contributed by atoms with E-state index < -0.39 is 0 Å². The molecular formula is C23H26N4OS. The van der Waals surface area contributed by atoms with E-state index in [2.05, 4.69) is 20.4 Å². The summed E-state index contributed by atoms with van der Waals surface area (Å²) >= 11 is 1.64. The molecule has 0 N–H and O–H groups in total. The van der Waals surface area contributed by atoms with Crippen LogP contribution in [0.25, 0.3) is 11.0 Å². The monoisotopic (exact) mass is 406 g/mol. The zero-order valence-corrected chi connectivity index (χ0v) is 17.9. The first-order valence-corrected chi connectivity index (χ1v) is 11.2. The van der Waals surface area contributed by atoms with Gasteiger partial charge in [0.05, 0.1) is 28.1 Å². The summed E-state index contributed by atoms with van der Waals surface area (Å²) in [5.41, 5.74) is 5.38. The average molecular weight is 407 g/mol. The van der Waals surface area contributed by atoms with Crippen molar-refractivity contribution >= 4 is 33.4 Å². The Labute approximate surface area is 175 Å². The van der Waals surface area contributed by atoms with Crippen LogP contribution in [0.2, 0.25) is 0 Å². The number of fused-ring (bicyclic) bond motifs is 2. The van der Waals surface area contributed by atoms with Gasteiger partial charge in [0, 0.05) is 17.0 Å². The maximum atomic E-state index is 13.4. The SMILES string of the molecule is C=CCN(C(=O)c1ccc2nc(CC)c(CC)nc2c1)c1nc2c(s1)CCCC2. The minimum absolute atomic E-state index is 0.0719. The van der Waals surface area contributed by atoms with Crippen molar-refractivity contribution in [2.24, 2.45) is 0 Å². The molecular weight excluding hydrogens is 380 g/mol. The van der Waals surface area contributed by atoms with Crippen molar-refractivity contribution < 1.29 is 4.79 Å². The van der Waals surface area contributed by atoms with E-state index >= 15 is 0 Å². The third kappa shape index (κ3) is 3.81. The van der Waals surface area contributed by atoms with E-state index in [1.807, 2.05) is 18.2 Å². The average Bonchev–Trinajstić information content (AvgIpc) is 3.19. The van der Waals surface area contributed by atoms with Crippen LogP contribution in [-0.4, -0.2) is 27.4 Å². The van der Waals surface area contributed by atoms with Gasteiger partial charge in [-0.15, -0.1) is 17.9 Å². The highest BCUT2D eigenvalue weighted by Crippen LogP contribution is 2.32. The number of benzene rings is 1. The third-order valence-electron chi connectivity index (χ3n) is 5.36. The fraction of sp³-hybridized carbons (Fsp3) is 0.391. The van der Waals surface area contributed by atoms with E-state index in [0.29, 0.717) is 12.1 Å². The minimum atomic E-state index is -0.0719. The molecule has 1 amide bonds. The van der Waals surface area contributed by atoms with Crippen molar-refractivity contribution in [3.63, 3.8) is 0 Å². The van der Waals surface area contributed by atoms with Crippen LogP contribution in [-0.2, 0) is 25.7 Å². The Hall–Kier alpha value is -2.60. The van der Waals surface area contributed by atoms with Gasteiger partial charge < -0.3 is 0 Å². The number of anilines is 1. The number of carbonyl (C=O) groups is 1. The zero-order valence-electron chi connectivity index (χ0n) is 17.1. The van der Waals surface area contributed by atoms with Crippen molar-refractivity contribution in [3.8, 4) is 0 Å². The highest BCUT2D eigenvalue weighted by Gasteiger charge is 2.24. The van der Waals surface area contributed by atoms with Gasteiger partial charge in [0.15, 0.2) is 5.13 Å². The molecule has 0 atom stereocenters. The van der Waals surface area contributed by atoms with Crippen molar-refractivity contribution in [2.45, 2.75) is 52.4 Å². The number of hydrogen-bond donors (Lipinski definition) is 0. The Morgan fingerprint density at radius 2 is 1.83 bits per heavy atom. The summed E-state index contributed by atoms with van der Waals surface area (Å²) in [6.07, 6.45) is 7.89. The number of amides is 1. The largest absolute Gasteiger partial charge is 0.280 e. The van der Waals surface area contributed by atoms with Crippen LogP contribution in [0.5, 0.6) is 0 Å². The Bertz CT molecular complexity index is 1050. The molecule has 0 fully saturated rings. The molecule has 1 aliphatic carbocycles. The van der Waals surface area contributed by atoms with E-state index in [-0.39, 0.29) is 5.91 Å². The summed E-state index contributed by atoms with van der Waals surface area (Å²) in [4.78, 5) is 30.7. The quantitative estimate of drug-likeness (QED) is 0.545. The third-order valence-corrected chi connectivity index (χ3v) is 6.54. The molecule has 0 unspecified atom stereocenters. The van der Waals surface area contributed by atoms with Gasteiger partial charge in [-0.2, -0.15) is 0 Å². The topological polar surface area (TPSA) is 59.0 Å². The molecule has 6 heteroatoms. The van der Waals surface area contributed by atoms with E-state index in [1.54, 1.807) is 22.3 Å². The fourth-order valence-corrected chi connectivity index (χ4v) is 4.97. The second-order valence-corrected chi connectivity index (χ2v) is 8.37. The zero-order chi connectivity index (χ0) is 20.4. The minimum Gasteiger partial charge on any atom is -0.280 e. The fourth-order valence-electron chi connectivity index (χ4n) is 3.81. The predicted molar refractivity (Wildman–Crippen MR) is 119 cm³/mol. The van der Waals surface area contributed by atoms with Crippen LogP contribution in [0.3, 0.4) is 0 Å². The molecule has 0 radical (unpaired) electrons. The Balaban J connectivity index is 1.71. The molecule has 29 heavy (non-hydrogen) atoms. The van der Waals surface area contributed by atoms with Gasteiger partial charge >= 0.3 is 0 Å². The van der Waals surface area contributed by atoms with Crippen molar-refractivity contribution in [2.75, 3.05) is 11.4 Å². The number of hydrogen-bond acceptors (Lipinski definition) is 5. The van der Waals surface area contributed by atoms with Crippen LogP contribution in [0.1, 0.15) is 59.0 Å². The second-order valence-electron chi connectivity index (χ2n) is 7.31. The maximum Gasteiger partial charge on any atom is 0.260 e. The Morgan fingerprint density at radius 3 is 2.52 bits per heavy atom. The standard InChI is InChI=1S/C23H26N4OS/c1-4-13-27(23-26-19-9-7-8-10-21(19)29-23)22(28)15-11-12-18-20(14-15)25-17(6-3)16(5-2)24-18/h4,11-12,14H,1,5-10,13H2,2-3H3. The van der Waals surface area contributed by atoms with E-state index in [0.717, 1.165) is 58.9 Å². The maximum absolute atomic E-state index is 13.4. The number of carbonyl (C=O) groups excluding carboxylic acids is 1. The number of thiazole rings is 1. The van der Waals surface area contributed by atoms with Gasteiger partial charge in [0.1, 0.15) is 0 Å². The van der Waals surface area contributed by atoms with Gasteiger partial charge in [-0.3, -0.25) is 9.69 Å². The first-order valence-electron chi connectivity index (χ1n) is 10.4. The van der Waals surface area contributed by atoms with Crippen molar-refractivity contribution in [1.82, 2.24) is 15.0 Å². The Morgan fingerprint density at radius 1 is 1.10 bits per heavy atom. The molecule has 0 aliphatic heterocycles. The van der Waals surface area contributed by atoms with Crippen LogP contribution in [0, 0.1) is 0 Å². The molecule has 4 rings (SSSR count). The van der Waals surface area contributed by atoms with Gasteiger partial charge in [-0.05, 0) is 56.7 Å². The molecule has 1 aliphatic rings. The summed E-state index contributed by atoms with van der Waals surface area (Å²) in [6.45, 7) is 8.45.